The first kappa shape index (κ1) is 63.5. The molecule has 0 aliphatic carbocycles. The number of benzene rings is 16. The monoisotopic (exact) mass is 1400 g/mol. The second kappa shape index (κ2) is 26.6. The molecule has 0 saturated carbocycles. The third kappa shape index (κ3) is 10.8. The van der Waals surface area contributed by atoms with E-state index in [9.17, 15) is 0 Å². The minimum absolute atomic E-state index is 0.627. The van der Waals surface area contributed by atoms with Crippen LogP contribution < -0.4 is 0 Å². The van der Waals surface area contributed by atoms with Gasteiger partial charge in [0.1, 0.15) is 0 Å². The lowest BCUT2D eigenvalue weighted by Gasteiger charge is -2.12. The Morgan fingerprint density at radius 1 is 0.173 bits per heavy atom. The molecule has 0 bridgehead atoms. The van der Waals surface area contributed by atoms with Crippen molar-refractivity contribution in [1.82, 2.24) is 43.2 Å². The van der Waals surface area contributed by atoms with Crippen LogP contribution in [0.4, 0.5) is 0 Å². The fraction of sp³-hybridized carbons (Fsp3) is 0. The van der Waals surface area contributed by atoms with Crippen LogP contribution in [-0.4, -0.2) is 43.2 Å². The Balaban J connectivity index is 0.000000140. The number of hydrogen-bond donors (Lipinski definition) is 0. The average Bonchev–Trinajstić information content (AvgIpc) is 1.55. The molecule has 22 rings (SSSR count). The Kier molecular flexibility index (Phi) is 15.4. The van der Waals surface area contributed by atoms with Crippen LogP contribution in [0, 0.1) is 0 Å². The summed E-state index contributed by atoms with van der Waals surface area (Å²) in [6.07, 6.45) is 0. The maximum Gasteiger partial charge on any atom is 0.235 e. The maximum absolute atomic E-state index is 5.40. The predicted molar refractivity (Wildman–Crippen MR) is 455 cm³/mol. The van der Waals surface area contributed by atoms with Crippen molar-refractivity contribution in [3.8, 4) is 102 Å². The van der Waals surface area contributed by atoms with Crippen LogP contribution in [0.2, 0.25) is 0 Å². The normalized spacial score (nSPS) is 11.6. The Hall–Kier alpha value is -14.9. The van der Waals surface area contributed by atoms with Gasteiger partial charge in [-0.1, -0.05) is 315 Å². The second-order valence-corrected chi connectivity index (χ2v) is 27.9. The molecule has 9 nitrogen and oxygen atoms in total. The molecule has 0 amide bonds. The summed E-state index contributed by atoms with van der Waals surface area (Å²) in [5.74, 6) is 2.56. The van der Waals surface area contributed by atoms with Crippen LogP contribution in [0.3, 0.4) is 0 Å². The lowest BCUT2D eigenvalue weighted by Crippen LogP contribution is -2.03. The van der Waals surface area contributed by atoms with Crippen LogP contribution in [0.5, 0.6) is 0 Å². The van der Waals surface area contributed by atoms with Crippen molar-refractivity contribution in [1.29, 1.82) is 0 Å². The lowest BCUT2D eigenvalue weighted by molar-refractivity contribution is 1.01. The zero-order valence-electron chi connectivity index (χ0n) is 59.6. The topological polar surface area (TPSA) is 84.2 Å². The summed E-state index contributed by atoms with van der Waals surface area (Å²) in [6.45, 7) is 0. The van der Waals surface area contributed by atoms with Crippen LogP contribution in [-0.2, 0) is 0 Å². The highest BCUT2D eigenvalue weighted by Crippen LogP contribution is 2.46. The summed E-state index contributed by atoms with van der Waals surface area (Å²) < 4.78 is 9.50. The molecule has 0 unspecified atom stereocenters. The minimum atomic E-state index is 0.627. The minimum Gasteiger partial charge on any atom is -0.309 e. The van der Waals surface area contributed by atoms with Crippen molar-refractivity contribution in [3.63, 3.8) is 0 Å². The fourth-order valence-electron chi connectivity index (χ4n) is 16.5. The first-order valence-corrected chi connectivity index (χ1v) is 37.2. The summed E-state index contributed by atoms with van der Waals surface area (Å²) in [4.78, 5) is 25.7. The molecule has 110 heavy (non-hydrogen) atoms. The molecular formula is C101H65N9. The largest absolute Gasteiger partial charge is 0.309 e. The van der Waals surface area contributed by atoms with Gasteiger partial charge in [-0.15, -0.1) is 0 Å². The van der Waals surface area contributed by atoms with Gasteiger partial charge in [0, 0.05) is 87.8 Å². The molecule has 0 aliphatic heterocycles. The van der Waals surface area contributed by atoms with Gasteiger partial charge >= 0.3 is 0 Å². The highest BCUT2D eigenvalue weighted by molar-refractivity contribution is 6.28. The Bertz CT molecular complexity index is 7210. The third-order valence-electron chi connectivity index (χ3n) is 21.5. The molecule has 22 aromatic rings. The standard InChI is InChI=1S/C51H33N5.C50H32N4/c1-4-15-34(16-5-1)35-27-29-39(30-28-35)56-44-25-12-10-23-41(44)42-31-32-46-47(48(42)56)43-24-11-13-26-45(43)55(46)40-22-14-21-38(33-40)51-53-49(36-17-6-2-7-18-36)52-50(54-51)37-19-8-3-9-20-37;1-3-13-33(14-4-1)35-23-25-37(26-24-35)48-41-18-7-10-20-43(41)51-50(52-48)54-45-22-12-9-19-42(45)47-46(54)32-31-40-39-17-8-11-21-44(39)53(49(40)47)38-29-27-36(28-30-38)34-15-5-2-6-16-34/h1-33H;1-32H. The van der Waals surface area contributed by atoms with E-state index < -0.39 is 0 Å². The van der Waals surface area contributed by atoms with Gasteiger partial charge in [0.25, 0.3) is 0 Å². The highest BCUT2D eigenvalue weighted by atomic mass is 15.2. The van der Waals surface area contributed by atoms with E-state index in [0.29, 0.717) is 23.4 Å². The molecule has 6 aromatic heterocycles. The number of para-hydroxylation sites is 5. The molecule has 0 atom stereocenters. The van der Waals surface area contributed by atoms with E-state index in [-0.39, 0.29) is 0 Å². The van der Waals surface area contributed by atoms with E-state index in [4.69, 9.17) is 24.9 Å². The van der Waals surface area contributed by atoms with Crippen LogP contribution in [0.1, 0.15) is 0 Å². The molecule has 9 heteroatoms. The van der Waals surface area contributed by atoms with Crippen LogP contribution in [0.25, 0.3) is 200 Å². The molecular weight excluding hydrogens is 1340 g/mol. The third-order valence-corrected chi connectivity index (χ3v) is 21.5. The van der Waals surface area contributed by atoms with Gasteiger partial charge in [-0.25, -0.2) is 24.9 Å². The Morgan fingerprint density at radius 3 is 0.973 bits per heavy atom. The van der Waals surface area contributed by atoms with Gasteiger partial charge in [0.15, 0.2) is 17.5 Å². The predicted octanol–water partition coefficient (Wildman–Crippen LogP) is 25.6. The first-order valence-electron chi connectivity index (χ1n) is 37.2. The van der Waals surface area contributed by atoms with Crippen LogP contribution in [0.15, 0.2) is 394 Å². The molecule has 0 N–H and O–H groups in total. The second-order valence-electron chi connectivity index (χ2n) is 27.9. The van der Waals surface area contributed by atoms with Gasteiger partial charge in [0.05, 0.1) is 55.3 Å². The smallest absolute Gasteiger partial charge is 0.235 e. The van der Waals surface area contributed by atoms with Crippen molar-refractivity contribution in [2.45, 2.75) is 0 Å². The molecule has 0 aliphatic rings. The van der Waals surface area contributed by atoms with Gasteiger partial charge in [0.2, 0.25) is 5.95 Å². The summed E-state index contributed by atoms with van der Waals surface area (Å²) in [6, 6.07) is 139. The number of fused-ring (bicyclic) bond motifs is 15. The van der Waals surface area contributed by atoms with E-state index in [1.807, 2.05) is 60.7 Å². The number of rotatable bonds is 11. The molecule has 0 spiro atoms. The van der Waals surface area contributed by atoms with Gasteiger partial charge in [-0.2, -0.15) is 0 Å². The first-order chi connectivity index (χ1) is 54.6. The quantitative estimate of drug-likeness (QED) is 0.129. The maximum atomic E-state index is 5.40. The summed E-state index contributed by atoms with van der Waals surface area (Å²) in [7, 11) is 0. The molecule has 0 fully saturated rings. The molecule has 6 heterocycles. The van der Waals surface area contributed by atoms with E-state index in [1.165, 1.54) is 93.2 Å². The number of aromatic nitrogens is 9. The van der Waals surface area contributed by atoms with Gasteiger partial charge in [-0.05, 0) is 112 Å². The van der Waals surface area contributed by atoms with E-state index >= 15 is 0 Å². The summed E-state index contributed by atoms with van der Waals surface area (Å²) in [5, 5.41) is 10.7. The Morgan fingerprint density at radius 2 is 0.509 bits per heavy atom. The van der Waals surface area contributed by atoms with E-state index in [0.717, 1.165) is 83.4 Å². The molecule has 16 aromatic carbocycles. The van der Waals surface area contributed by atoms with E-state index in [2.05, 4.69) is 352 Å². The lowest BCUT2D eigenvalue weighted by atomic mass is 10.0. The molecule has 514 valence electrons. The number of hydrogen-bond acceptors (Lipinski definition) is 5. The van der Waals surface area contributed by atoms with Crippen LogP contribution >= 0.6 is 0 Å². The van der Waals surface area contributed by atoms with Gasteiger partial charge in [-0.3, -0.25) is 4.57 Å². The fourth-order valence-corrected chi connectivity index (χ4v) is 16.5. The van der Waals surface area contributed by atoms with Gasteiger partial charge < -0.3 is 13.7 Å². The van der Waals surface area contributed by atoms with Crippen molar-refractivity contribution >= 4 is 98.1 Å². The highest BCUT2D eigenvalue weighted by Gasteiger charge is 2.26. The van der Waals surface area contributed by atoms with Crippen molar-refractivity contribution in [2.24, 2.45) is 0 Å². The summed E-state index contributed by atoms with van der Waals surface area (Å²) in [5.41, 5.74) is 25.2. The zero-order valence-corrected chi connectivity index (χ0v) is 59.6. The molecule has 0 saturated heterocycles. The van der Waals surface area contributed by atoms with E-state index in [1.54, 1.807) is 0 Å². The average molecular weight is 1400 g/mol. The zero-order chi connectivity index (χ0) is 72.6. The van der Waals surface area contributed by atoms with Crippen molar-refractivity contribution < 1.29 is 0 Å². The van der Waals surface area contributed by atoms with Crippen molar-refractivity contribution in [2.75, 3.05) is 0 Å². The summed E-state index contributed by atoms with van der Waals surface area (Å²) >= 11 is 0. The number of nitrogens with zero attached hydrogens (tertiary/aromatic N) is 9. The Labute approximate surface area is 633 Å². The van der Waals surface area contributed by atoms with Crippen molar-refractivity contribution in [3.05, 3.63) is 394 Å². The molecule has 0 radical (unpaired) electrons. The SMILES string of the molecule is c1ccc(-c2ccc(-c3nc(-n4c5ccccc5c5c4ccc4c6ccccc6n(-c6ccc(-c7ccccc7)cc6)c45)nc4ccccc34)cc2)cc1.c1ccc(-c2ccc(-n3c4ccccc4c4ccc5c(c6ccccc6n5-c5cccc(-c6nc(-c7ccccc7)nc(-c7ccccc7)n6)c5)c43)cc2)cc1.